The van der Waals surface area contributed by atoms with Gasteiger partial charge in [-0.25, -0.2) is 0 Å². The van der Waals surface area contributed by atoms with E-state index in [2.05, 4.69) is 112 Å². The molecule has 0 fully saturated rings. The fraction of sp³-hybridized carbons (Fsp3) is 0.400. The summed E-state index contributed by atoms with van der Waals surface area (Å²) in [4.78, 5) is 0. The van der Waals surface area contributed by atoms with Gasteiger partial charge in [0.1, 0.15) is 0 Å². The summed E-state index contributed by atoms with van der Waals surface area (Å²) in [7, 11) is 1.76. The van der Waals surface area contributed by atoms with Gasteiger partial charge in [0.05, 0.1) is 33.0 Å². The molecule has 0 aliphatic rings. The van der Waals surface area contributed by atoms with Crippen molar-refractivity contribution < 1.29 is 0 Å². The first-order chi connectivity index (χ1) is 16.2. The van der Waals surface area contributed by atoms with Gasteiger partial charge in [-0.15, -0.1) is 0 Å². The van der Waals surface area contributed by atoms with Crippen LogP contribution in [0.4, 0.5) is 0 Å². The van der Waals surface area contributed by atoms with E-state index in [1.165, 1.54) is 57.0 Å². The van der Waals surface area contributed by atoms with Crippen molar-refractivity contribution in [2.24, 2.45) is 0 Å². The smallest absolute Gasteiger partial charge is 0.0652 e. The highest BCUT2D eigenvalue weighted by Crippen LogP contribution is 2.80. The van der Waals surface area contributed by atoms with Crippen LogP contribution in [0.15, 0.2) is 91.0 Å². The Morgan fingerprint density at radius 2 is 0.818 bits per heavy atom. The third-order valence-electron chi connectivity index (χ3n) is 6.50. The Hall–Kier alpha value is -1.18. The highest BCUT2D eigenvalue weighted by atomic mass is 32.3. The Bertz CT molecular complexity index is 856. The maximum Gasteiger partial charge on any atom is 0.0949 e. The van der Waals surface area contributed by atoms with Crippen molar-refractivity contribution >= 4 is 37.0 Å². The van der Waals surface area contributed by atoms with E-state index in [1.807, 2.05) is 0 Å². The lowest BCUT2D eigenvalue weighted by molar-refractivity contribution is 0.844. The fourth-order valence-corrected chi connectivity index (χ4v) is 28.1. The van der Waals surface area contributed by atoms with Gasteiger partial charge >= 0.3 is 0 Å². The lowest BCUT2D eigenvalue weighted by Crippen LogP contribution is -2.24. The monoisotopic (exact) mass is 495 g/mol. The van der Waals surface area contributed by atoms with Crippen molar-refractivity contribution in [3.8, 4) is 0 Å². The van der Waals surface area contributed by atoms with Crippen LogP contribution >= 0.6 is 21.1 Å². The first kappa shape index (κ1) is 26.4. The van der Waals surface area contributed by atoms with Gasteiger partial charge in [0, 0.05) is 6.55 Å². The molecule has 0 aromatic heterocycles. The molecule has 0 N–H and O–H groups in total. The Kier molecular flexibility index (Phi) is 10.9. The van der Waals surface area contributed by atoms with E-state index >= 15 is 0 Å². The van der Waals surface area contributed by atoms with Crippen LogP contribution in [0.1, 0.15) is 59.3 Å². The van der Waals surface area contributed by atoms with E-state index in [1.54, 1.807) is 23.5 Å². The zero-order valence-electron chi connectivity index (χ0n) is 20.9. The van der Waals surface area contributed by atoms with E-state index in [0.717, 1.165) is 0 Å². The Morgan fingerprint density at radius 1 is 0.515 bits per heavy atom. The van der Waals surface area contributed by atoms with Crippen LogP contribution in [0.5, 0.6) is 0 Å². The lowest BCUT2D eigenvalue weighted by atomic mass is 10.4. The zero-order chi connectivity index (χ0) is 23.4. The van der Waals surface area contributed by atoms with E-state index in [4.69, 9.17) is 0 Å². The van der Waals surface area contributed by atoms with Crippen LogP contribution in [0.2, 0.25) is 0 Å². The second kappa shape index (κ2) is 13.6. The van der Waals surface area contributed by atoms with Crippen molar-refractivity contribution in [2.75, 3.05) is 18.5 Å². The van der Waals surface area contributed by atoms with Crippen LogP contribution in [-0.2, 0) is 0 Å². The van der Waals surface area contributed by atoms with E-state index < -0.39 is 13.5 Å². The van der Waals surface area contributed by atoms with E-state index in [-0.39, 0.29) is 0 Å². The van der Waals surface area contributed by atoms with Crippen LogP contribution in [0, 0.1) is 0 Å². The average Bonchev–Trinajstić information content (AvgIpc) is 2.89. The molecule has 3 aromatic rings. The molecule has 0 nitrogen and oxygen atoms in total. The molecule has 0 aliphatic carbocycles. The third kappa shape index (κ3) is 6.70. The molecule has 0 aliphatic heterocycles. The van der Waals surface area contributed by atoms with Gasteiger partial charge in [-0.1, -0.05) is 131 Å². The topological polar surface area (TPSA) is 0 Å². The van der Waals surface area contributed by atoms with Crippen LogP contribution in [0.25, 0.3) is 0 Å². The second-order valence-electron chi connectivity index (χ2n) is 9.06. The minimum Gasteiger partial charge on any atom is -0.0652 e. The van der Waals surface area contributed by atoms with Crippen molar-refractivity contribution in [1.29, 1.82) is 0 Å². The van der Waals surface area contributed by atoms with E-state index in [0.29, 0.717) is 0 Å². The largest absolute Gasteiger partial charge is 0.0949 e. The maximum atomic E-state index is 2.43. The summed E-state index contributed by atoms with van der Waals surface area (Å²) in [6, 6.07) is 34.6. The maximum absolute atomic E-state index is 2.43. The van der Waals surface area contributed by atoms with Gasteiger partial charge in [-0.2, -0.15) is 0 Å². The van der Waals surface area contributed by atoms with E-state index in [9.17, 15) is 0 Å². The molecule has 0 bridgehead atoms. The first-order valence-electron chi connectivity index (χ1n) is 12.9. The molecule has 0 unspecified atom stereocenters. The highest BCUT2D eigenvalue weighted by molar-refractivity contribution is 8.49. The van der Waals surface area contributed by atoms with Crippen LogP contribution < -0.4 is 15.9 Å². The summed E-state index contributed by atoms with van der Waals surface area (Å²) < 4.78 is 0. The molecule has 0 saturated heterocycles. The Labute approximate surface area is 205 Å². The van der Waals surface area contributed by atoms with Gasteiger partial charge in [-0.05, 0) is 35.2 Å². The van der Waals surface area contributed by atoms with Crippen molar-refractivity contribution in [2.45, 2.75) is 59.3 Å². The van der Waals surface area contributed by atoms with Crippen molar-refractivity contribution in [1.82, 2.24) is 0 Å². The number of unbranched alkanes of at least 4 members (excludes halogenated alkanes) is 3. The molecule has 3 heteroatoms. The van der Waals surface area contributed by atoms with Crippen LogP contribution in [0.3, 0.4) is 0 Å². The summed E-state index contributed by atoms with van der Waals surface area (Å²) in [6.07, 6.45) is 12.4. The fourth-order valence-electron chi connectivity index (χ4n) is 4.64. The van der Waals surface area contributed by atoms with Gasteiger partial charge in [0.25, 0.3) is 0 Å². The molecular formula is C30H42P3+. The molecule has 0 heterocycles. The molecule has 176 valence electrons. The lowest BCUT2D eigenvalue weighted by Gasteiger charge is -2.32. The Morgan fingerprint density at radius 3 is 1.09 bits per heavy atom. The molecule has 0 amide bonds. The summed E-state index contributed by atoms with van der Waals surface area (Å²) in [5.41, 5.74) is 0. The summed E-state index contributed by atoms with van der Waals surface area (Å²) >= 11 is 0. The second-order valence-corrected chi connectivity index (χ2v) is 22.1. The SMILES string of the molecule is CCCC[P+](CCCC)(CCCC)P=P(c1ccccc1)(c1ccccc1)c1ccccc1. The van der Waals surface area contributed by atoms with Crippen molar-refractivity contribution in [3.63, 3.8) is 0 Å². The predicted octanol–water partition coefficient (Wildman–Crippen LogP) is 9.17. The molecule has 0 atom stereocenters. The molecule has 3 aromatic carbocycles. The number of hydrogen-bond acceptors (Lipinski definition) is 0. The summed E-state index contributed by atoms with van der Waals surface area (Å²) in [6.45, 7) is 4.21. The molecule has 0 saturated carbocycles. The van der Waals surface area contributed by atoms with Crippen molar-refractivity contribution in [3.05, 3.63) is 91.0 Å². The Balaban J connectivity index is 2.40. The molecule has 33 heavy (non-hydrogen) atoms. The first-order valence-corrected chi connectivity index (χ1v) is 19.3. The third-order valence-corrected chi connectivity index (χ3v) is 25.4. The number of benzene rings is 3. The zero-order valence-corrected chi connectivity index (χ0v) is 23.5. The van der Waals surface area contributed by atoms with Gasteiger partial charge in [0.15, 0.2) is 0 Å². The molecule has 0 spiro atoms. The van der Waals surface area contributed by atoms with Gasteiger partial charge in [0.2, 0.25) is 0 Å². The van der Waals surface area contributed by atoms with Gasteiger partial charge in [-0.3, -0.25) is 0 Å². The van der Waals surface area contributed by atoms with Gasteiger partial charge < -0.3 is 0 Å². The number of hydrogen-bond donors (Lipinski definition) is 0. The normalized spacial score (nSPS) is 12.2. The molecule has 0 radical (unpaired) electrons. The average molecular weight is 496 g/mol. The minimum absolute atomic E-state index is 1.14. The standard InChI is InChI=1S/C30H42P3/c1-4-7-25-32(26-8-5-2,27-9-6-3)31-33(28-19-13-10-14-20-28,29-21-15-11-16-22-29)30-23-17-12-18-24-30/h10-24H,4-9,25-27H2,1-3H3/q+1. The summed E-state index contributed by atoms with van der Waals surface area (Å²) in [5, 5.41) is 4.66. The molecular weight excluding hydrogens is 453 g/mol. The number of rotatable bonds is 13. The predicted molar refractivity (Wildman–Crippen MR) is 158 cm³/mol. The quantitative estimate of drug-likeness (QED) is 0.207. The minimum atomic E-state index is -1.77. The summed E-state index contributed by atoms with van der Waals surface area (Å²) in [5.74, 6) is 0. The highest BCUT2D eigenvalue weighted by Gasteiger charge is 2.40. The van der Waals surface area contributed by atoms with Crippen LogP contribution in [-0.4, -0.2) is 18.5 Å². The molecule has 3 rings (SSSR count).